The zero-order valence-corrected chi connectivity index (χ0v) is 10.1. The average molecular weight is 258 g/mol. The summed E-state index contributed by atoms with van der Waals surface area (Å²) >= 11 is 5.98. The average Bonchev–Trinajstić information content (AvgIpc) is 2.27. The molecule has 2 unspecified atom stereocenters. The summed E-state index contributed by atoms with van der Waals surface area (Å²) in [5.74, 6) is -1.51. The molecule has 17 heavy (non-hydrogen) atoms. The van der Waals surface area contributed by atoms with Gasteiger partial charge in [0.1, 0.15) is 11.9 Å². The number of nitrogens with one attached hydrogen (secondary N) is 1. The van der Waals surface area contributed by atoms with Gasteiger partial charge in [-0.1, -0.05) is 18.5 Å². The number of benzene rings is 1. The topological polar surface area (TPSA) is 49.3 Å². The van der Waals surface area contributed by atoms with E-state index in [-0.39, 0.29) is 6.04 Å². The van der Waals surface area contributed by atoms with Crippen LogP contribution < -0.4 is 5.32 Å². The SMILES string of the molecule is CCC1Cc2c(Cl)cc(F)cc2C(C(=O)O)N1. The minimum absolute atomic E-state index is 0.0616. The molecular weight excluding hydrogens is 245 g/mol. The van der Waals surface area contributed by atoms with Crippen LogP contribution in [0.5, 0.6) is 0 Å². The Morgan fingerprint density at radius 3 is 2.94 bits per heavy atom. The van der Waals surface area contributed by atoms with Crippen LogP contribution in [0.4, 0.5) is 4.39 Å². The van der Waals surface area contributed by atoms with E-state index in [2.05, 4.69) is 5.32 Å². The molecule has 3 nitrogen and oxygen atoms in total. The van der Waals surface area contributed by atoms with Crippen LogP contribution in [0.1, 0.15) is 30.5 Å². The molecule has 2 N–H and O–H groups in total. The quantitative estimate of drug-likeness (QED) is 0.856. The van der Waals surface area contributed by atoms with Gasteiger partial charge in [0, 0.05) is 11.1 Å². The molecule has 1 aliphatic heterocycles. The number of halogens is 2. The van der Waals surface area contributed by atoms with E-state index in [1.54, 1.807) is 0 Å². The third-order valence-electron chi connectivity index (χ3n) is 3.10. The first kappa shape index (κ1) is 12.3. The highest BCUT2D eigenvalue weighted by Gasteiger charge is 2.31. The summed E-state index contributed by atoms with van der Waals surface area (Å²) in [6.45, 7) is 1.97. The fraction of sp³-hybridized carbons (Fsp3) is 0.417. The molecule has 1 aromatic carbocycles. The van der Waals surface area contributed by atoms with Crippen molar-refractivity contribution >= 4 is 17.6 Å². The highest BCUT2D eigenvalue weighted by molar-refractivity contribution is 6.31. The van der Waals surface area contributed by atoms with Crippen LogP contribution in [0.3, 0.4) is 0 Å². The third kappa shape index (κ3) is 2.28. The summed E-state index contributed by atoms with van der Waals surface area (Å²) in [6, 6.07) is 1.67. The van der Waals surface area contributed by atoms with Gasteiger partial charge in [-0.25, -0.2) is 4.39 Å². The van der Waals surface area contributed by atoms with E-state index < -0.39 is 17.8 Å². The van der Waals surface area contributed by atoms with E-state index in [4.69, 9.17) is 16.7 Å². The second-order valence-electron chi connectivity index (χ2n) is 4.20. The van der Waals surface area contributed by atoms with Crippen molar-refractivity contribution in [2.45, 2.75) is 31.8 Å². The summed E-state index contributed by atoms with van der Waals surface area (Å²) in [6.07, 6.45) is 1.44. The summed E-state index contributed by atoms with van der Waals surface area (Å²) in [5.41, 5.74) is 1.18. The van der Waals surface area contributed by atoms with E-state index in [0.29, 0.717) is 17.0 Å². The molecule has 5 heteroatoms. The van der Waals surface area contributed by atoms with Gasteiger partial charge in [0.25, 0.3) is 0 Å². The number of carbonyl (C=O) groups is 1. The highest BCUT2D eigenvalue weighted by Crippen LogP contribution is 2.32. The molecule has 0 aliphatic carbocycles. The Balaban J connectivity index is 2.52. The zero-order valence-electron chi connectivity index (χ0n) is 9.34. The van der Waals surface area contributed by atoms with E-state index in [9.17, 15) is 9.18 Å². The lowest BCUT2D eigenvalue weighted by atomic mass is 9.89. The van der Waals surface area contributed by atoms with Crippen LogP contribution in [0, 0.1) is 5.82 Å². The molecule has 92 valence electrons. The number of fused-ring (bicyclic) bond motifs is 1. The molecule has 0 spiro atoms. The number of carboxylic acid groups (broad SMARTS) is 1. The van der Waals surface area contributed by atoms with Crippen molar-refractivity contribution in [3.8, 4) is 0 Å². The van der Waals surface area contributed by atoms with Crippen molar-refractivity contribution in [1.82, 2.24) is 5.32 Å². The predicted molar refractivity (Wildman–Crippen MR) is 62.7 cm³/mol. The molecule has 1 aliphatic rings. The lowest BCUT2D eigenvalue weighted by Crippen LogP contribution is -2.42. The van der Waals surface area contributed by atoms with Crippen molar-refractivity contribution in [3.05, 3.63) is 34.1 Å². The Kier molecular flexibility index (Phi) is 3.35. The minimum atomic E-state index is -1.01. The second-order valence-corrected chi connectivity index (χ2v) is 4.61. The second kappa shape index (κ2) is 4.63. The summed E-state index contributed by atoms with van der Waals surface area (Å²) in [5, 5.41) is 12.5. The summed E-state index contributed by atoms with van der Waals surface area (Å²) in [7, 11) is 0. The molecule has 0 radical (unpaired) electrons. The normalized spacial score (nSPS) is 23.2. The van der Waals surface area contributed by atoms with E-state index in [0.717, 1.165) is 12.0 Å². The standard InChI is InChI=1S/C12H13ClFNO2/c1-2-7-5-8-9(11(15-7)12(16)17)3-6(14)4-10(8)13/h3-4,7,11,15H,2,5H2,1H3,(H,16,17). The molecule has 1 heterocycles. The summed E-state index contributed by atoms with van der Waals surface area (Å²) in [4.78, 5) is 11.2. The van der Waals surface area contributed by atoms with Crippen LogP contribution in [0.2, 0.25) is 5.02 Å². The van der Waals surface area contributed by atoms with Crippen LogP contribution in [-0.4, -0.2) is 17.1 Å². The monoisotopic (exact) mass is 257 g/mol. The fourth-order valence-electron chi connectivity index (χ4n) is 2.19. The third-order valence-corrected chi connectivity index (χ3v) is 3.44. The van der Waals surface area contributed by atoms with Crippen LogP contribution in [0.15, 0.2) is 12.1 Å². The Labute approximate surface area is 104 Å². The molecule has 1 aromatic rings. The fourth-order valence-corrected chi connectivity index (χ4v) is 2.48. The van der Waals surface area contributed by atoms with Gasteiger partial charge in [-0.3, -0.25) is 10.1 Å². The molecule has 2 atom stereocenters. The Morgan fingerprint density at radius 1 is 1.65 bits per heavy atom. The first-order valence-electron chi connectivity index (χ1n) is 5.49. The van der Waals surface area contributed by atoms with E-state index >= 15 is 0 Å². The van der Waals surface area contributed by atoms with E-state index in [1.807, 2.05) is 6.92 Å². The highest BCUT2D eigenvalue weighted by atomic mass is 35.5. The number of aliphatic carboxylic acids is 1. The number of hydrogen-bond donors (Lipinski definition) is 2. The Bertz CT molecular complexity index is 464. The first-order valence-corrected chi connectivity index (χ1v) is 5.87. The number of hydrogen-bond acceptors (Lipinski definition) is 2. The minimum Gasteiger partial charge on any atom is -0.480 e. The van der Waals surface area contributed by atoms with Crippen molar-refractivity contribution in [1.29, 1.82) is 0 Å². The maximum absolute atomic E-state index is 13.3. The molecule has 2 rings (SSSR count). The molecule has 0 aromatic heterocycles. The molecular formula is C12H13ClFNO2. The zero-order chi connectivity index (χ0) is 12.6. The van der Waals surface area contributed by atoms with Crippen molar-refractivity contribution in [2.75, 3.05) is 0 Å². The van der Waals surface area contributed by atoms with Gasteiger partial charge in [-0.2, -0.15) is 0 Å². The molecule has 0 amide bonds. The van der Waals surface area contributed by atoms with Crippen LogP contribution in [0.25, 0.3) is 0 Å². The van der Waals surface area contributed by atoms with E-state index in [1.165, 1.54) is 12.1 Å². The number of carboxylic acids is 1. The smallest absolute Gasteiger partial charge is 0.325 e. The van der Waals surface area contributed by atoms with Crippen molar-refractivity contribution in [2.24, 2.45) is 0 Å². The van der Waals surface area contributed by atoms with Gasteiger partial charge in [0.2, 0.25) is 0 Å². The van der Waals surface area contributed by atoms with Gasteiger partial charge in [-0.05, 0) is 36.1 Å². The van der Waals surface area contributed by atoms with Gasteiger partial charge in [-0.15, -0.1) is 0 Å². The lowest BCUT2D eigenvalue weighted by Gasteiger charge is -2.31. The van der Waals surface area contributed by atoms with Crippen molar-refractivity contribution in [3.63, 3.8) is 0 Å². The molecule has 0 fully saturated rings. The molecule has 0 saturated heterocycles. The lowest BCUT2D eigenvalue weighted by molar-refractivity contribution is -0.140. The maximum atomic E-state index is 13.3. The van der Waals surface area contributed by atoms with Gasteiger partial charge in [0.05, 0.1) is 0 Å². The van der Waals surface area contributed by atoms with Crippen molar-refractivity contribution < 1.29 is 14.3 Å². The summed E-state index contributed by atoms with van der Waals surface area (Å²) < 4.78 is 13.3. The Hall–Kier alpha value is -1.13. The van der Waals surface area contributed by atoms with Crippen LogP contribution in [-0.2, 0) is 11.2 Å². The van der Waals surface area contributed by atoms with Crippen LogP contribution >= 0.6 is 11.6 Å². The maximum Gasteiger partial charge on any atom is 0.325 e. The van der Waals surface area contributed by atoms with Gasteiger partial charge in [0.15, 0.2) is 0 Å². The Morgan fingerprint density at radius 2 is 2.35 bits per heavy atom. The largest absolute Gasteiger partial charge is 0.480 e. The molecule has 0 bridgehead atoms. The predicted octanol–water partition coefficient (Wildman–Crippen LogP) is 2.53. The van der Waals surface area contributed by atoms with Gasteiger partial charge < -0.3 is 5.11 Å². The molecule has 0 saturated carbocycles. The van der Waals surface area contributed by atoms with Gasteiger partial charge >= 0.3 is 5.97 Å². The first-order chi connectivity index (χ1) is 8.02. The number of rotatable bonds is 2.